The van der Waals surface area contributed by atoms with E-state index in [0.29, 0.717) is 0 Å². The zero-order valence-electron chi connectivity index (χ0n) is 8.88. The molecule has 8 heteroatoms. The number of sulfone groups is 1. The molecule has 1 heterocycles. The highest BCUT2D eigenvalue weighted by atomic mass is 32.2. The van der Waals surface area contributed by atoms with E-state index in [1.165, 1.54) is 6.92 Å². The van der Waals surface area contributed by atoms with Gasteiger partial charge in [0.15, 0.2) is 0 Å². The third-order valence-corrected chi connectivity index (χ3v) is 6.22. The van der Waals surface area contributed by atoms with Crippen molar-refractivity contribution in [2.75, 3.05) is 11.5 Å². The number of sulfonamides is 1. The Labute approximate surface area is 95.6 Å². The Morgan fingerprint density at radius 1 is 1.38 bits per heavy atom. The minimum Gasteiger partial charge on any atom is -0.229 e. The van der Waals surface area contributed by atoms with Gasteiger partial charge in [-0.1, -0.05) is 0 Å². The Hall–Kier alpha value is -0.650. The van der Waals surface area contributed by atoms with Gasteiger partial charge in [-0.3, -0.25) is 0 Å². The summed E-state index contributed by atoms with van der Waals surface area (Å²) >= 11 is 0. The molecule has 6 nitrogen and oxygen atoms in total. The molecular weight excluding hydrogens is 252 g/mol. The molecule has 1 atom stereocenters. The van der Waals surface area contributed by atoms with Crippen LogP contribution in [0.25, 0.3) is 0 Å². The number of nitrogens with zero attached hydrogens (tertiary/aromatic N) is 1. The van der Waals surface area contributed by atoms with Crippen molar-refractivity contribution in [2.24, 2.45) is 0 Å². The first-order chi connectivity index (χ1) is 7.27. The lowest BCUT2D eigenvalue weighted by Gasteiger charge is -2.22. The van der Waals surface area contributed by atoms with Crippen LogP contribution in [-0.4, -0.2) is 39.6 Å². The summed E-state index contributed by atoms with van der Waals surface area (Å²) in [5.41, 5.74) is 0. The first kappa shape index (κ1) is 13.4. The monoisotopic (exact) mass is 266 g/mol. The summed E-state index contributed by atoms with van der Waals surface area (Å²) in [5.74, 6) is -0.195. The molecule has 0 radical (unpaired) electrons. The Bertz CT molecular complexity index is 475. The van der Waals surface area contributed by atoms with Gasteiger partial charge in [0.05, 0.1) is 22.8 Å². The van der Waals surface area contributed by atoms with Gasteiger partial charge in [0.1, 0.15) is 15.9 Å². The molecule has 0 aromatic heterocycles. The van der Waals surface area contributed by atoms with Crippen molar-refractivity contribution >= 4 is 19.9 Å². The van der Waals surface area contributed by atoms with Crippen molar-refractivity contribution in [3.05, 3.63) is 0 Å². The summed E-state index contributed by atoms with van der Waals surface area (Å²) in [6.45, 7) is 1.44. The van der Waals surface area contributed by atoms with Gasteiger partial charge in [-0.2, -0.15) is 9.98 Å². The second kappa shape index (κ2) is 4.69. The van der Waals surface area contributed by atoms with Crippen LogP contribution in [0.3, 0.4) is 0 Å². The Morgan fingerprint density at radius 3 is 2.31 bits per heavy atom. The quantitative estimate of drug-likeness (QED) is 0.734. The van der Waals surface area contributed by atoms with E-state index in [2.05, 4.69) is 4.72 Å². The second-order valence-electron chi connectivity index (χ2n) is 3.86. The van der Waals surface area contributed by atoms with E-state index in [1.54, 1.807) is 6.07 Å². The third-order valence-electron chi connectivity index (χ3n) is 2.48. The van der Waals surface area contributed by atoms with Crippen LogP contribution in [0.5, 0.6) is 0 Å². The van der Waals surface area contributed by atoms with E-state index in [4.69, 9.17) is 5.26 Å². The average molecular weight is 266 g/mol. The molecule has 1 fully saturated rings. The zero-order valence-corrected chi connectivity index (χ0v) is 10.5. The molecule has 0 aliphatic carbocycles. The maximum absolute atomic E-state index is 11.7. The highest BCUT2D eigenvalue weighted by Crippen LogP contribution is 2.18. The fraction of sp³-hybridized carbons (Fsp3) is 0.875. The molecule has 1 N–H and O–H groups in total. The molecule has 16 heavy (non-hydrogen) atoms. The summed E-state index contributed by atoms with van der Waals surface area (Å²) in [7, 11) is -6.65. The molecule has 0 amide bonds. The van der Waals surface area contributed by atoms with Crippen molar-refractivity contribution in [1.82, 2.24) is 4.72 Å². The number of hydrogen-bond acceptors (Lipinski definition) is 5. The van der Waals surface area contributed by atoms with E-state index in [1.807, 2.05) is 0 Å². The van der Waals surface area contributed by atoms with Crippen LogP contribution >= 0.6 is 0 Å². The van der Waals surface area contributed by atoms with E-state index in [0.717, 1.165) is 0 Å². The van der Waals surface area contributed by atoms with E-state index in [9.17, 15) is 16.8 Å². The molecule has 1 unspecified atom stereocenters. The zero-order chi connectivity index (χ0) is 12.4. The van der Waals surface area contributed by atoms with Gasteiger partial charge >= 0.3 is 0 Å². The molecule has 0 aromatic rings. The summed E-state index contributed by atoms with van der Waals surface area (Å²) in [4.78, 5) is 0. The first-order valence-electron chi connectivity index (χ1n) is 4.88. The van der Waals surface area contributed by atoms with Gasteiger partial charge < -0.3 is 0 Å². The van der Waals surface area contributed by atoms with E-state index in [-0.39, 0.29) is 24.3 Å². The van der Waals surface area contributed by atoms with Gasteiger partial charge in [-0.05, 0) is 19.8 Å². The average Bonchev–Trinajstić information content (AvgIpc) is 2.16. The van der Waals surface area contributed by atoms with Crippen LogP contribution in [0.4, 0.5) is 0 Å². The fourth-order valence-corrected chi connectivity index (χ4v) is 4.93. The Balaban J connectivity index is 2.70. The molecule has 92 valence electrons. The molecule has 0 bridgehead atoms. The van der Waals surface area contributed by atoms with Gasteiger partial charge in [-0.15, -0.1) is 0 Å². The summed E-state index contributed by atoms with van der Waals surface area (Å²) in [6.07, 6.45) is 0.214. The predicted molar refractivity (Wildman–Crippen MR) is 58.8 cm³/mol. The molecule has 1 aliphatic rings. The van der Waals surface area contributed by atoms with Crippen LogP contribution in [0.15, 0.2) is 0 Å². The van der Waals surface area contributed by atoms with Crippen LogP contribution in [0, 0.1) is 11.3 Å². The SMILES string of the molecule is CC(C#N)NS(=O)(=O)C1CCS(=O)(=O)CC1. The normalized spacial score (nSPS) is 23.5. The highest BCUT2D eigenvalue weighted by Gasteiger charge is 2.33. The molecule has 0 spiro atoms. The molecule has 0 aromatic carbocycles. The van der Waals surface area contributed by atoms with Crippen molar-refractivity contribution in [1.29, 1.82) is 5.26 Å². The lowest BCUT2D eigenvalue weighted by Crippen LogP contribution is -2.42. The lowest BCUT2D eigenvalue weighted by atomic mass is 10.2. The van der Waals surface area contributed by atoms with E-state index >= 15 is 0 Å². The van der Waals surface area contributed by atoms with Gasteiger partial charge in [0.2, 0.25) is 10.0 Å². The number of hydrogen-bond donors (Lipinski definition) is 1. The van der Waals surface area contributed by atoms with Crippen molar-refractivity contribution in [2.45, 2.75) is 31.1 Å². The predicted octanol–water partition coefficient (Wildman–Crippen LogP) is -0.605. The minimum absolute atomic E-state index is 0.0977. The molecular formula is C8H14N2O4S2. The second-order valence-corrected chi connectivity index (χ2v) is 8.16. The summed E-state index contributed by atoms with van der Waals surface area (Å²) < 4.78 is 47.9. The van der Waals surface area contributed by atoms with Crippen molar-refractivity contribution in [3.63, 3.8) is 0 Å². The molecule has 1 rings (SSSR count). The van der Waals surface area contributed by atoms with Gasteiger partial charge in [0, 0.05) is 0 Å². The maximum Gasteiger partial charge on any atom is 0.215 e. The third kappa shape index (κ3) is 3.43. The largest absolute Gasteiger partial charge is 0.229 e. The summed E-state index contributed by atoms with van der Waals surface area (Å²) in [6, 6.07) is 0.979. The number of nitrogens with one attached hydrogen (secondary N) is 1. The van der Waals surface area contributed by atoms with Crippen LogP contribution < -0.4 is 4.72 Å². The molecule has 1 aliphatic heterocycles. The number of rotatable bonds is 3. The minimum atomic E-state index is -3.58. The fourth-order valence-electron chi connectivity index (χ4n) is 1.55. The van der Waals surface area contributed by atoms with Crippen LogP contribution in [-0.2, 0) is 19.9 Å². The topological polar surface area (TPSA) is 104 Å². The van der Waals surface area contributed by atoms with Crippen LogP contribution in [0.2, 0.25) is 0 Å². The molecule has 1 saturated heterocycles. The van der Waals surface area contributed by atoms with Crippen molar-refractivity contribution < 1.29 is 16.8 Å². The smallest absolute Gasteiger partial charge is 0.215 e. The Morgan fingerprint density at radius 2 is 1.88 bits per heavy atom. The van der Waals surface area contributed by atoms with Crippen LogP contribution in [0.1, 0.15) is 19.8 Å². The lowest BCUT2D eigenvalue weighted by molar-refractivity contribution is 0.539. The maximum atomic E-state index is 11.7. The molecule has 0 saturated carbocycles. The first-order valence-corrected chi connectivity index (χ1v) is 8.25. The van der Waals surface area contributed by atoms with Crippen molar-refractivity contribution in [3.8, 4) is 6.07 Å². The number of nitriles is 1. The standard InChI is InChI=1S/C8H14N2O4S2/c1-7(6-9)10-16(13,14)8-2-4-15(11,12)5-3-8/h7-8,10H,2-5H2,1H3. The van der Waals surface area contributed by atoms with E-state index < -0.39 is 31.2 Å². The van der Waals surface area contributed by atoms with Gasteiger partial charge in [-0.25, -0.2) is 16.8 Å². The van der Waals surface area contributed by atoms with Gasteiger partial charge in [0.25, 0.3) is 0 Å². The Kier molecular flexibility index (Phi) is 3.93. The summed E-state index contributed by atoms with van der Waals surface area (Å²) in [5, 5.41) is 7.80. The highest BCUT2D eigenvalue weighted by molar-refractivity contribution is 7.92.